The van der Waals surface area contributed by atoms with E-state index in [0.29, 0.717) is 11.4 Å². The normalized spacial score (nSPS) is 10.2. The summed E-state index contributed by atoms with van der Waals surface area (Å²) in [7, 11) is 2.97. The second kappa shape index (κ2) is 6.91. The maximum absolute atomic E-state index is 11.6. The molecule has 0 amide bonds. The third-order valence-corrected chi connectivity index (χ3v) is 3.59. The molecule has 0 unspecified atom stereocenters. The van der Waals surface area contributed by atoms with Crippen molar-refractivity contribution >= 4 is 5.97 Å². The summed E-state index contributed by atoms with van der Waals surface area (Å²) in [6.07, 6.45) is 1.78. The highest BCUT2D eigenvalue weighted by Crippen LogP contribution is 2.24. The lowest BCUT2D eigenvalue weighted by molar-refractivity contribution is 0.0594. The Hall–Kier alpha value is -3.21. The zero-order valence-electron chi connectivity index (χ0n) is 13.4. The zero-order valence-corrected chi connectivity index (χ0v) is 13.4. The molecule has 0 radical (unpaired) electrons. The summed E-state index contributed by atoms with van der Waals surface area (Å²) in [5, 5.41) is 0. The molecule has 1 aromatic carbocycles. The van der Waals surface area contributed by atoms with Crippen molar-refractivity contribution in [3.8, 4) is 28.3 Å². The number of carbonyl (C=O) groups excluding carboxylic acids is 1. The number of hydrogen-bond acceptors (Lipinski definition) is 5. The molecule has 0 aliphatic heterocycles. The first-order chi connectivity index (χ1) is 11.7. The lowest BCUT2D eigenvalue weighted by Crippen LogP contribution is -2.04. The third kappa shape index (κ3) is 3.25. The van der Waals surface area contributed by atoms with Crippen LogP contribution in [0.4, 0.5) is 0 Å². The van der Waals surface area contributed by atoms with E-state index < -0.39 is 5.97 Å². The molecule has 0 bridgehead atoms. The Labute approximate surface area is 139 Å². The molecular weight excluding hydrogens is 304 g/mol. The minimum absolute atomic E-state index is 0.260. The molecule has 0 aliphatic carbocycles. The maximum atomic E-state index is 11.6. The summed E-state index contributed by atoms with van der Waals surface area (Å²) in [6.45, 7) is 0. The summed E-state index contributed by atoms with van der Waals surface area (Å²) < 4.78 is 9.85. The Kier molecular flexibility index (Phi) is 4.52. The van der Waals surface area contributed by atoms with Crippen molar-refractivity contribution in [2.45, 2.75) is 0 Å². The summed E-state index contributed by atoms with van der Waals surface area (Å²) in [5.41, 5.74) is 3.62. The van der Waals surface area contributed by atoms with Crippen molar-refractivity contribution in [3.63, 3.8) is 0 Å². The van der Waals surface area contributed by atoms with Gasteiger partial charge in [0.25, 0.3) is 0 Å². The molecule has 5 nitrogen and oxygen atoms in total. The molecular formula is C19H16N2O3. The Morgan fingerprint density at radius 3 is 2.25 bits per heavy atom. The Bertz CT molecular complexity index is 843. The molecule has 0 saturated heterocycles. The number of carbonyl (C=O) groups is 1. The molecule has 24 heavy (non-hydrogen) atoms. The number of methoxy groups -OCH3 is 2. The van der Waals surface area contributed by atoms with Gasteiger partial charge in [-0.3, -0.25) is 4.98 Å². The van der Waals surface area contributed by atoms with Crippen molar-refractivity contribution in [1.29, 1.82) is 0 Å². The molecule has 0 fully saturated rings. The Morgan fingerprint density at radius 2 is 1.62 bits per heavy atom. The van der Waals surface area contributed by atoms with Crippen molar-refractivity contribution in [3.05, 3.63) is 66.5 Å². The Morgan fingerprint density at radius 1 is 0.875 bits per heavy atom. The molecule has 5 heteroatoms. The van der Waals surface area contributed by atoms with Crippen LogP contribution in [0.2, 0.25) is 0 Å². The number of benzene rings is 1. The van der Waals surface area contributed by atoms with Crippen molar-refractivity contribution < 1.29 is 14.3 Å². The highest BCUT2D eigenvalue weighted by molar-refractivity contribution is 5.87. The van der Waals surface area contributed by atoms with Gasteiger partial charge in [-0.2, -0.15) is 0 Å². The SMILES string of the molecule is COC(=O)c1cccc(-c2ccc(-c3ccc(OC)cc3)cn2)n1. The lowest BCUT2D eigenvalue weighted by Gasteiger charge is -2.06. The fraction of sp³-hybridized carbons (Fsp3) is 0.105. The fourth-order valence-corrected chi connectivity index (χ4v) is 2.30. The number of nitrogens with zero attached hydrogens (tertiary/aromatic N) is 2. The summed E-state index contributed by atoms with van der Waals surface area (Å²) in [5.74, 6) is 0.346. The second-order valence-electron chi connectivity index (χ2n) is 5.06. The fourth-order valence-electron chi connectivity index (χ4n) is 2.30. The number of ether oxygens (including phenoxy) is 2. The predicted octanol–water partition coefficient (Wildman–Crippen LogP) is 3.61. The average Bonchev–Trinajstić information content (AvgIpc) is 2.67. The van der Waals surface area contributed by atoms with Crippen molar-refractivity contribution in [2.75, 3.05) is 14.2 Å². The van der Waals surface area contributed by atoms with Crippen LogP contribution in [0.25, 0.3) is 22.5 Å². The van der Waals surface area contributed by atoms with Crippen LogP contribution in [0.5, 0.6) is 5.75 Å². The van der Waals surface area contributed by atoms with Crippen LogP contribution in [-0.2, 0) is 4.74 Å². The van der Waals surface area contributed by atoms with Crippen LogP contribution in [0.15, 0.2) is 60.8 Å². The zero-order chi connectivity index (χ0) is 16.9. The largest absolute Gasteiger partial charge is 0.497 e. The minimum atomic E-state index is -0.466. The van der Waals surface area contributed by atoms with Gasteiger partial charge < -0.3 is 9.47 Å². The van der Waals surface area contributed by atoms with Gasteiger partial charge in [0.2, 0.25) is 0 Å². The molecule has 0 spiro atoms. The molecule has 0 atom stereocenters. The van der Waals surface area contributed by atoms with E-state index in [9.17, 15) is 4.79 Å². The topological polar surface area (TPSA) is 61.3 Å². The molecule has 0 saturated carbocycles. The van der Waals surface area contributed by atoms with Gasteiger partial charge in [0.05, 0.1) is 25.6 Å². The molecule has 2 aromatic heterocycles. The number of aromatic nitrogens is 2. The van der Waals surface area contributed by atoms with Crippen LogP contribution >= 0.6 is 0 Å². The molecule has 0 N–H and O–H groups in total. The number of pyridine rings is 2. The van der Waals surface area contributed by atoms with E-state index in [0.717, 1.165) is 16.9 Å². The van der Waals surface area contributed by atoms with Crippen LogP contribution in [0.3, 0.4) is 0 Å². The van der Waals surface area contributed by atoms with Gasteiger partial charge in [-0.05, 0) is 35.9 Å². The van der Waals surface area contributed by atoms with Gasteiger partial charge in [-0.15, -0.1) is 0 Å². The van der Waals surface area contributed by atoms with Gasteiger partial charge in [0.1, 0.15) is 11.4 Å². The van der Waals surface area contributed by atoms with E-state index >= 15 is 0 Å². The lowest BCUT2D eigenvalue weighted by atomic mass is 10.1. The third-order valence-electron chi connectivity index (χ3n) is 3.59. The van der Waals surface area contributed by atoms with Crippen LogP contribution in [-0.4, -0.2) is 30.2 Å². The van der Waals surface area contributed by atoms with Crippen LogP contribution < -0.4 is 4.74 Å². The summed E-state index contributed by atoms with van der Waals surface area (Å²) in [4.78, 5) is 20.3. The quantitative estimate of drug-likeness (QED) is 0.687. The summed E-state index contributed by atoms with van der Waals surface area (Å²) in [6, 6.07) is 16.8. The predicted molar refractivity (Wildman–Crippen MR) is 90.8 cm³/mol. The van der Waals surface area contributed by atoms with Gasteiger partial charge in [-0.25, -0.2) is 9.78 Å². The van der Waals surface area contributed by atoms with Gasteiger partial charge in [0, 0.05) is 11.8 Å². The van der Waals surface area contributed by atoms with E-state index in [2.05, 4.69) is 9.97 Å². The number of rotatable bonds is 4. The first kappa shape index (κ1) is 15.7. The number of hydrogen-bond donors (Lipinski definition) is 0. The maximum Gasteiger partial charge on any atom is 0.356 e. The second-order valence-corrected chi connectivity index (χ2v) is 5.06. The average molecular weight is 320 g/mol. The highest BCUT2D eigenvalue weighted by Gasteiger charge is 2.09. The van der Waals surface area contributed by atoms with Crippen molar-refractivity contribution in [2.24, 2.45) is 0 Å². The van der Waals surface area contributed by atoms with Gasteiger partial charge in [0.15, 0.2) is 0 Å². The molecule has 2 heterocycles. The van der Waals surface area contributed by atoms with Gasteiger partial charge in [-0.1, -0.05) is 24.3 Å². The van der Waals surface area contributed by atoms with E-state index in [1.807, 2.05) is 42.5 Å². The van der Waals surface area contributed by atoms with Gasteiger partial charge >= 0.3 is 5.97 Å². The van der Waals surface area contributed by atoms with E-state index in [-0.39, 0.29) is 5.69 Å². The molecule has 3 rings (SSSR count). The first-order valence-electron chi connectivity index (χ1n) is 7.37. The van der Waals surface area contributed by atoms with E-state index in [1.54, 1.807) is 25.4 Å². The van der Waals surface area contributed by atoms with Crippen LogP contribution in [0.1, 0.15) is 10.5 Å². The first-order valence-corrected chi connectivity index (χ1v) is 7.37. The van der Waals surface area contributed by atoms with E-state index in [1.165, 1.54) is 7.11 Å². The molecule has 0 aliphatic rings. The summed E-state index contributed by atoms with van der Waals surface area (Å²) >= 11 is 0. The molecule has 120 valence electrons. The van der Waals surface area contributed by atoms with Crippen molar-refractivity contribution in [1.82, 2.24) is 9.97 Å². The Balaban J connectivity index is 1.87. The smallest absolute Gasteiger partial charge is 0.356 e. The monoisotopic (exact) mass is 320 g/mol. The van der Waals surface area contributed by atoms with Crippen LogP contribution in [0, 0.1) is 0 Å². The standard InChI is InChI=1S/C19H16N2O3/c1-23-15-9-6-13(7-10-15)14-8-11-16(20-12-14)17-4-3-5-18(21-17)19(22)24-2/h3-12H,1-2H3. The van der Waals surface area contributed by atoms with E-state index in [4.69, 9.17) is 9.47 Å². The minimum Gasteiger partial charge on any atom is -0.497 e. The molecule has 3 aromatic rings. The number of esters is 1. The highest BCUT2D eigenvalue weighted by atomic mass is 16.5.